The average Bonchev–Trinajstić information content (AvgIpc) is 3.09. The van der Waals surface area contributed by atoms with Crippen molar-refractivity contribution in [1.82, 2.24) is 9.97 Å². The standard InChI is InChI=1S/C18H18N6O2/c19-8-11-1-3-13-12(5-11)17(24-18(20)21)23-16(22-13)7-10-2-4-14-15(6-10)26-9-25-14/h1-6H,7-9,19H2,(H4,20,21,22,23,24). The molecule has 6 N–H and O–H groups in total. The highest BCUT2D eigenvalue weighted by Gasteiger charge is 2.15. The Labute approximate surface area is 149 Å². The van der Waals surface area contributed by atoms with Crippen molar-refractivity contribution in [3.05, 3.63) is 53.3 Å². The Kier molecular flexibility index (Phi) is 4.02. The highest BCUT2D eigenvalue weighted by Crippen LogP contribution is 2.33. The molecule has 3 aromatic rings. The van der Waals surface area contributed by atoms with Gasteiger partial charge in [0.25, 0.3) is 0 Å². The minimum atomic E-state index is -0.0582. The highest BCUT2D eigenvalue weighted by molar-refractivity contribution is 5.91. The summed E-state index contributed by atoms with van der Waals surface area (Å²) < 4.78 is 10.8. The van der Waals surface area contributed by atoms with Crippen molar-refractivity contribution in [3.63, 3.8) is 0 Å². The van der Waals surface area contributed by atoms with Crippen LogP contribution in [-0.4, -0.2) is 22.7 Å². The lowest BCUT2D eigenvalue weighted by atomic mass is 10.1. The summed E-state index contributed by atoms with van der Waals surface area (Å²) in [5.41, 5.74) is 19.6. The van der Waals surface area contributed by atoms with Crippen molar-refractivity contribution in [3.8, 4) is 11.5 Å². The molecule has 0 fully saturated rings. The van der Waals surface area contributed by atoms with E-state index in [1.165, 1.54) is 0 Å². The van der Waals surface area contributed by atoms with Crippen molar-refractivity contribution < 1.29 is 9.47 Å². The quantitative estimate of drug-likeness (QED) is 0.477. The number of rotatable bonds is 4. The first-order valence-corrected chi connectivity index (χ1v) is 8.10. The Morgan fingerprint density at radius 1 is 1.00 bits per heavy atom. The zero-order chi connectivity index (χ0) is 18.1. The average molecular weight is 350 g/mol. The van der Waals surface area contributed by atoms with Gasteiger partial charge in [0, 0.05) is 18.4 Å². The molecule has 0 spiro atoms. The topological polar surface area (TPSA) is 135 Å². The number of fused-ring (bicyclic) bond motifs is 2. The lowest BCUT2D eigenvalue weighted by Gasteiger charge is -2.08. The lowest BCUT2D eigenvalue weighted by molar-refractivity contribution is 0.174. The van der Waals surface area contributed by atoms with E-state index in [1.807, 2.05) is 36.4 Å². The second-order valence-electron chi connectivity index (χ2n) is 5.92. The minimum Gasteiger partial charge on any atom is -0.454 e. The van der Waals surface area contributed by atoms with E-state index in [1.54, 1.807) is 0 Å². The third kappa shape index (κ3) is 3.09. The van der Waals surface area contributed by atoms with Crippen LogP contribution in [0.25, 0.3) is 10.9 Å². The van der Waals surface area contributed by atoms with E-state index in [4.69, 9.17) is 26.7 Å². The van der Waals surface area contributed by atoms with Gasteiger partial charge in [-0.15, -0.1) is 0 Å². The van der Waals surface area contributed by atoms with E-state index in [2.05, 4.69) is 15.0 Å². The first-order chi connectivity index (χ1) is 12.6. The molecule has 2 aromatic carbocycles. The van der Waals surface area contributed by atoms with Crippen LogP contribution in [0.15, 0.2) is 41.4 Å². The van der Waals surface area contributed by atoms with Crippen LogP contribution in [0.4, 0.5) is 5.82 Å². The van der Waals surface area contributed by atoms with Gasteiger partial charge in [0.15, 0.2) is 23.3 Å². The van der Waals surface area contributed by atoms with Crippen LogP contribution in [0, 0.1) is 0 Å². The SMILES string of the molecule is NCc1ccc2nc(Cc3ccc4c(c3)OCO4)nc(N=C(N)N)c2c1. The van der Waals surface area contributed by atoms with E-state index >= 15 is 0 Å². The maximum Gasteiger partial charge on any atom is 0.231 e. The molecule has 0 saturated heterocycles. The fraction of sp³-hybridized carbons (Fsp3) is 0.167. The molecule has 1 aliphatic heterocycles. The van der Waals surface area contributed by atoms with Crippen molar-refractivity contribution >= 4 is 22.7 Å². The van der Waals surface area contributed by atoms with Crippen LogP contribution in [0.3, 0.4) is 0 Å². The molecule has 0 amide bonds. The van der Waals surface area contributed by atoms with Crippen molar-refractivity contribution in [1.29, 1.82) is 0 Å². The van der Waals surface area contributed by atoms with Crippen LogP contribution >= 0.6 is 0 Å². The van der Waals surface area contributed by atoms with Gasteiger partial charge in [-0.3, -0.25) is 0 Å². The highest BCUT2D eigenvalue weighted by atomic mass is 16.7. The molecule has 1 aliphatic rings. The third-order valence-electron chi connectivity index (χ3n) is 4.06. The molecule has 0 radical (unpaired) electrons. The molecular weight excluding hydrogens is 332 g/mol. The van der Waals surface area contributed by atoms with Gasteiger partial charge in [0.05, 0.1) is 5.52 Å². The first-order valence-electron chi connectivity index (χ1n) is 8.10. The van der Waals surface area contributed by atoms with Crippen LogP contribution in [0.2, 0.25) is 0 Å². The maximum atomic E-state index is 5.72. The molecule has 1 aromatic heterocycles. The molecule has 4 rings (SSSR count). The summed E-state index contributed by atoms with van der Waals surface area (Å²) in [6.07, 6.45) is 0.512. The zero-order valence-corrected chi connectivity index (χ0v) is 14.0. The monoisotopic (exact) mass is 350 g/mol. The molecule has 0 bridgehead atoms. The van der Waals surface area contributed by atoms with Gasteiger partial charge >= 0.3 is 0 Å². The summed E-state index contributed by atoms with van der Waals surface area (Å²) in [6, 6.07) is 11.5. The molecule has 0 atom stereocenters. The Morgan fingerprint density at radius 2 is 1.81 bits per heavy atom. The van der Waals surface area contributed by atoms with E-state index in [-0.39, 0.29) is 12.8 Å². The van der Waals surface area contributed by atoms with Crippen molar-refractivity contribution in [2.45, 2.75) is 13.0 Å². The predicted molar refractivity (Wildman–Crippen MR) is 98.3 cm³/mol. The number of hydrogen-bond donors (Lipinski definition) is 3. The third-order valence-corrected chi connectivity index (χ3v) is 4.06. The Balaban J connectivity index is 1.76. The summed E-state index contributed by atoms with van der Waals surface area (Å²) in [4.78, 5) is 13.3. The normalized spacial score (nSPS) is 12.3. The Morgan fingerprint density at radius 3 is 2.62 bits per heavy atom. The van der Waals surface area contributed by atoms with Crippen LogP contribution in [0.1, 0.15) is 17.0 Å². The Bertz CT molecular complexity index is 1010. The Hall–Kier alpha value is -3.39. The fourth-order valence-corrected chi connectivity index (χ4v) is 2.85. The number of nitrogens with two attached hydrogens (primary N) is 3. The number of hydrogen-bond acceptors (Lipinski definition) is 6. The van der Waals surface area contributed by atoms with Gasteiger partial charge in [-0.25, -0.2) is 9.97 Å². The number of benzene rings is 2. The molecule has 0 aliphatic carbocycles. The van der Waals surface area contributed by atoms with Gasteiger partial charge in [0.1, 0.15) is 5.82 Å². The van der Waals surface area contributed by atoms with Crippen LogP contribution < -0.4 is 26.7 Å². The second-order valence-corrected chi connectivity index (χ2v) is 5.92. The van der Waals surface area contributed by atoms with E-state index in [9.17, 15) is 0 Å². The smallest absolute Gasteiger partial charge is 0.231 e. The summed E-state index contributed by atoms with van der Waals surface area (Å²) in [5, 5.41) is 0.760. The lowest BCUT2D eigenvalue weighted by Crippen LogP contribution is -2.22. The van der Waals surface area contributed by atoms with Gasteiger partial charge in [-0.1, -0.05) is 12.1 Å². The van der Waals surface area contributed by atoms with Gasteiger partial charge < -0.3 is 26.7 Å². The summed E-state index contributed by atoms with van der Waals surface area (Å²) in [6.45, 7) is 0.652. The number of ether oxygens (including phenoxy) is 2. The first kappa shape index (κ1) is 16.1. The molecular formula is C18H18N6O2. The van der Waals surface area contributed by atoms with E-state index < -0.39 is 0 Å². The predicted octanol–water partition coefficient (Wildman–Crippen LogP) is 1.31. The van der Waals surface area contributed by atoms with Crippen molar-refractivity contribution in [2.75, 3.05) is 6.79 Å². The van der Waals surface area contributed by atoms with Gasteiger partial charge in [0.2, 0.25) is 6.79 Å². The largest absolute Gasteiger partial charge is 0.454 e. The summed E-state index contributed by atoms with van der Waals surface area (Å²) in [7, 11) is 0. The van der Waals surface area contributed by atoms with Crippen molar-refractivity contribution in [2.24, 2.45) is 22.2 Å². The zero-order valence-electron chi connectivity index (χ0n) is 14.0. The van der Waals surface area contributed by atoms with E-state index in [0.717, 1.165) is 33.5 Å². The van der Waals surface area contributed by atoms with Crippen LogP contribution in [0.5, 0.6) is 11.5 Å². The number of aliphatic imine (C=N–C) groups is 1. The number of nitrogens with zero attached hydrogens (tertiary/aromatic N) is 3. The molecule has 0 unspecified atom stereocenters. The van der Waals surface area contributed by atoms with Gasteiger partial charge in [-0.05, 0) is 35.4 Å². The summed E-state index contributed by atoms with van der Waals surface area (Å²) >= 11 is 0. The molecule has 8 heteroatoms. The van der Waals surface area contributed by atoms with Crippen LogP contribution in [-0.2, 0) is 13.0 Å². The second kappa shape index (κ2) is 6.49. The molecule has 0 saturated carbocycles. The minimum absolute atomic E-state index is 0.0582. The summed E-state index contributed by atoms with van der Waals surface area (Å²) in [5.74, 6) is 2.44. The maximum absolute atomic E-state index is 5.72. The molecule has 2 heterocycles. The molecule has 132 valence electrons. The number of guanidine groups is 1. The molecule has 8 nitrogen and oxygen atoms in total. The number of aromatic nitrogens is 2. The molecule has 26 heavy (non-hydrogen) atoms. The van der Waals surface area contributed by atoms with E-state index in [0.29, 0.717) is 24.6 Å². The fourth-order valence-electron chi connectivity index (χ4n) is 2.85. The van der Waals surface area contributed by atoms with Gasteiger partial charge in [-0.2, -0.15) is 4.99 Å².